The van der Waals surface area contributed by atoms with Crippen molar-refractivity contribution < 1.29 is 0 Å². The predicted molar refractivity (Wildman–Crippen MR) is 79.2 cm³/mol. The number of rotatable bonds is 0. The average Bonchev–Trinajstić information content (AvgIpc) is 2.85. The van der Waals surface area contributed by atoms with Gasteiger partial charge in [-0.25, -0.2) is 0 Å². The quantitative estimate of drug-likeness (QED) is 0.515. The van der Waals surface area contributed by atoms with Crippen LogP contribution in [0.5, 0.6) is 0 Å². The van der Waals surface area contributed by atoms with Crippen LogP contribution in [0.4, 0.5) is 0 Å². The fraction of sp³-hybridized carbons (Fsp3) is 0.625. The van der Waals surface area contributed by atoms with E-state index < -0.39 is 0 Å². The highest BCUT2D eigenvalue weighted by Gasteiger charge is 2.07. The summed E-state index contributed by atoms with van der Waals surface area (Å²) >= 11 is 0. The first-order valence-corrected chi connectivity index (χ1v) is 6.53. The van der Waals surface area contributed by atoms with Crippen LogP contribution in [0.1, 0.15) is 66.5 Å². The standard InChI is InChI=1S/C9H10.3C2H6.CH4/c1-2-5-9-7-3-6-8(9)4-1;3*1-2;/h1-2,4-5H,3,6-7H2;3*1-2H3;1H4. The molecule has 0 nitrogen and oxygen atoms in total. The van der Waals surface area contributed by atoms with Crippen LogP contribution >= 0.6 is 0 Å². The van der Waals surface area contributed by atoms with Crippen LogP contribution in [-0.2, 0) is 12.8 Å². The van der Waals surface area contributed by atoms with E-state index in [-0.39, 0.29) is 7.43 Å². The first-order valence-electron chi connectivity index (χ1n) is 6.53. The minimum Gasteiger partial charge on any atom is -0.0776 e. The van der Waals surface area contributed by atoms with Crippen molar-refractivity contribution in [1.29, 1.82) is 0 Å². The maximum atomic E-state index is 2.24. The molecule has 1 aromatic carbocycles. The van der Waals surface area contributed by atoms with Gasteiger partial charge in [0, 0.05) is 0 Å². The zero-order valence-electron chi connectivity index (χ0n) is 11.4. The van der Waals surface area contributed by atoms with E-state index in [1.165, 1.54) is 19.3 Å². The van der Waals surface area contributed by atoms with Gasteiger partial charge in [-0.2, -0.15) is 0 Å². The summed E-state index contributed by atoms with van der Waals surface area (Å²) in [5.41, 5.74) is 3.13. The predicted octanol–water partition coefficient (Wildman–Crippen LogP) is 5.89. The molecule has 96 valence electrons. The van der Waals surface area contributed by atoms with Gasteiger partial charge in [-0.3, -0.25) is 0 Å². The van der Waals surface area contributed by atoms with Crippen molar-refractivity contribution in [3.63, 3.8) is 0 Å². The zero-order valence-corrected chi connectivity index (χ0v) is 11.4. The molecular weight excluding hydrogens is 192 g/mol. The van der Waals surface area contributed by atoms with Crippen molar-refractivity contribution in [2.45, 2.75) is 68.2 Å². The van der Waals surface area contributed by atoms with Crippen molar-refractivity contribution in [3.8, 4) is 0 Å². The van der Waals surface area contributed by atoms with Gasteiger partial charge >= 0.3 is 0 Å². The largest absolute Gasteiger partial charge is 0.0776 e. The Kier molecular flexibility index (Phi) is 21.4. The molecule has 0 unspecified atom stereocenters. The number of fused-ring (bicyclic) bond motifs is 1. The summed E-state index contributed by atoms with van der Waals surface area (Å²) in [5, 5.41) is 0. The van der Waals surface area contributed by atoms with Crippen LogP contribution in [0.3, 0.4) is 0 Å². The number of hydrogen-bond acceptors (Lipinski definition) is 0. The third-order valence-electron chi connectivity index (χ3n) is 2.01. The van der Waals surface area contributed by atoms with E-state index in [1.807, 2.05) is 41.5 Å². The normalized spacial score (nSPS) is 9.88. The van der Waals surface area contributed by atoms with Crippen molar-refractivity contribution in [1.82, 2.24) is 0 Å². The number of aryl methyl sites for hydroxylation is 2. The van der Waals surface area contributed by atoms with Gasteiger partial charge in [0.05, 0.1) is 0 Å². The first-order chi connectivity index (χ1) is 7.47. The lowest BCUT2D eigenvalue weighted by Crippen LogP contribution is -1.77. The lowest BCUT2D eigenvalue weighted by molar-refractivity contribution is 0.912. The Labute approximate surface area is 104 Å². The molecule has 16 heavy (non-hydrogen) atoms. The van der Waals surface area contributed by atoms with Gasteiger partial charge in [0.15, 0.2) is 0 Å². The minimum atomic E-state index is 0. The lowest BCUT2D eigenvalue weighted by Gasteiger charge is -1.93. The Morgan fingerprint density at radius 2 is 1.00 bits per heavy atom. The van der Waals surface area contributed by atoms with Crippen LogP contribution < -0.4 is 0 Å². The molecule has 0 N–H and O–H groups in total. The van der Waals surface area contributed by atoms with E-state index in [4.69, 9.17) is 0 Å². The number of benzene rings is 1. The van der Waals surface area contributed by atoms with Crippen LogP contribution in [0, 0.1) is 0 Å². The topological polar surface area (TPSA) is 0 Å². The highest BCUT2D eigenvalue weighted by atomic mass is 14.1. The molecule has 0 aromatic heterocycles. The molecule has 0 bridgehead atoms. The molecule has 0 fully saturated rings. The molecule has 0 radical (unpaired) electrons. The van der Waals surface area contributed by atoms with E-state index in [2.05, 4.69) is 24.3 Å². The molecule has 2 rings (SSSR count). The summed E-state index contributed by atoms with van der Waals surface area (Å²) in [6.07, 6.45) is 3.96. The highest BCUT2D eigenvalue weighted by molar-refractivity contribution is 5.30. The van der Waals surface area contributed by atoms with E-state index >= 15 is 0 Å². The third-order valence-corrected chi connectivity index (χ3v) is 2.01. The van der Waals surface area contributed by atoms with Crippen molar-refractivity contribution >= 4 is 0 Å². The molecule has 0 spiro atoms. The molecule has 0 heterocycles. The lowest BCUT2D eigenvalue weighted by atomic mass is 10.1. The second-order valence-electron chi connectivity index (χ2n) is 2.62. The minimum absolute atomic E-state index is 0. The Morgan fingerprint density at radius 3 is 1.31 bits per heavy atom. The summed E-state index contributed by atoms with van der Waals surface area (Å²) in [4.78, 5) is 0. The average molecular weight is 224 g/mol. The molecule has 1 aliphatic rings. The third kappa shape index (κ3) is 7.50. The zero-order chi connectivity index (χ0) is 12.1. The van der Waals surface area contributed by atoms with Gasteiger partial charge in [-0.1, -0.05) is 73.2 Å². The summed E-state index contributed by atoms with van der Waals surface area (Å²) in [5.74, 6) is 0. The smallest absolute Gasteiger partial charge is 0.0273 e. The summed E-state index contributed by atoms with van der Waals surface area (Å²) < 4.78 is 0. The molecule has 1 aliphatic carbocycles. The summed E-state index contributed by atoms with van der Waals surface area (Å²) in [7, 11) is 0. The molecule has 0 amide bonds. The van der Waals surface area contributed by atoms with Crippen LogP contribution in [0.15, 0.2) is 24.3 Å². The van der Waals surface area contributed by atoms with E-state index in [9.17, 15) is 0 Å². The Balaban J connectivity index is -0.000000214. The van der Waals surface area contributed by atoms with Gasteiger partial charge in [0.1, 0.15) is 0 Å². The molecule has 0 aliphatic heterocycles. The number of hydrogen-bond donors (Lipinski definition) is 0. The maximum Gasteiger partial charge on any atom is -0.0273 e. The van der Waals surface area contributed by atoms with Crippen molar-refractivity contribution in [2.75, 3.05) is 0 Å². The van der Waals surface area contributed by atoms with E-state index in [1.54, 1.807) is 11.1 Å². The first kappa shape index (κ1) is 20.6. The van der Waals surface area contributed by atoms with Gasteiger partial charge in [-0.05, 0) is 30.4 Å². The monoisotopic (exact) mass is 224 g/mol. The fourth-order valence-electron chi connectivity index (χ4n) is 1.51. The van der Waals surface area contributed by atoms with Crippen molar-refractivity contribution in [3.05, 3.63) is 35.4 Å². The molecule has 0 heteroatoms. The van der Waals surface area contributed by atoms with Gasteiger partial charge < -0.3 is 0 Å². The van der Waals surface area contributed by atoms with Gasteiger partial charge in [0.2, 0.25) is 0 Å². The molecule has 1 aromatic rings. The Bertz CT molecular complexity index is 190. The highest BCUT2D eigenvalue weighted by Crippen LogP contribution is 2.20. The molecular formula is C16H32. The molecule has 0 saturated heterocycles. The van der Waals surface area contributed by atoms with E-state index in [0.29, 0.717) is 0 Å². The fourth-order valence-corrected chi connectivity index (χ4v) is 1.51. The maximum absolute atomic E-state index is 2.24. The van der Waals surface area contributed by atoms with Crippen LogP contribution in [0.25, 0.3) is 0 Å². The van der Waals surface area contributed by atoms with Crippen molar-refractivity contribution in [2.24, 2.45) is 0 Å². The second-order valence-corrected chi connectivity index (χ2v) is 2.62. The van der Waals surface area contributed by atoms with Gasteiger partial charge in [-0.15, -0.1) is 0 Å². The molecule has 0 atom stereocenters. The van der Waals surface area contributed by atoms with Gasteiger partial charge in [0.25, 0.3) is 0 Å². The SMILES string of the molecule is C.CC.CC.CC.c1ccc2c(c1)CCC2. The van der Waals surface area contributed by atoms with E-state index in [0.717, 1.165) is 0 Å². The Morgan fingerprint density at radius 1 is 0.688 bits per heavy atom. The molecule has 0 saturated carbocycles. The van der Waals surface area contributed by atoms with Crippen LogP contribution in [-0.4, -0.2) is 0 Å². The summed E-state index contributed by atoms with van der Waals surface area (Å²) in [6, 6.07) is 8.74. The Hall–Kier alpha value is -0.780. The second kappa shape index (κ2) is 16.6. The summed E-state index contributed by atoms with van der Waals surface area (Å²) in [6.45, 7) is 12.0. The van der Waals surface area contributed by atoms with Crippen LogP contribution in [0.2, 0.25) is 0 Å².